The number of halogens is 2. The normalized spacial score (nSPS) is 13.5. The highest BCUT2D eigenvalue weighted by molar-refractivity contribution is 5.78. The Hall–Kier alpha value is -3.86. The van der Waals surface area contributed by atoms with E-state index in [4.69, 9.17) is 24.7 Å². The van der Waals surface area contributed by atoms with Gasteiger partial charge in [-0.15, -0.1) is 0 Å². The van der Waals surface area contributed by atoms with Crippen molar-refractivity contribution in [3.63, 3.8) is 0 Å². The van der Waals surface area contributed by atoms with Crippen LogP contribution < -0.4 is 30.2 Å². The standard InChI is InChI=1S/C24H27F2N5O4/c1-14-8-15(31-4-6-34-7-5-31)9-18(27)23(14)30-24-28-11-16(12-29-24)35-13-17-21(25)19(32-2)10-20(33-3)22(17)26/h8-12H,4-7,13,27H2,1-3H3,(H,28,29,30). The molecule has 1 aliphatic rings. The molecule has 0 amide bonds. The number of methoxy groups -OCH3 is 2. The summed E-state index contributed by atoms with van der Waals surface area (Å²) in [5.74, 6) is -1.50. The summed E-state index contributed by atoms with van der Waals surface area (Å²) < 4.78 is 49.8. The van der Waals surface area contributed by atoms with E-state index in [1.54, 1.807) is 0 Å². The van der Waals surface area contributed by atoms with Crippen LogP contribution in [0.3, 0.4) is 0 Å². The van der Waals surface area contributed by atoms with Gasteiger partial charge >= 0.3 is 0 Å². The van der Waals surface area contributed by atoms with Crippen LogP contribution in [0.15, 0.2) is 30.6 Å². The molecule has 0 aliphatic carbocycles. The third-order valence-electron chi connectivity index (χ3n) is 5.64. The molecule has 186 valence electrons. The van der Waals surface area contributed by atoms with Gasteiger partial charge in [0.05, 0.1) is 56.8 Å². The monoisotopic (exact) mass is 487 g/mol. The highest BCUT2D eigenvalue weighted by atomic mass is 19.1. The lowest BCUT2D eigenvalue weighted by molar-refractivity contribution is 0.122. The van der Waals surface area contributed by atoms with Crippen LogP contribution in [0.25, 0.3) is 0 Å². The Morgan fingerprint density at radius 1 is 1.03 bits per heavy atom. The van der Waals surface area contributed by atoms with Crippen molar-refractivity contribution in [2.75, 3.05) is 56.5 Å². The van der Waals surface area contributed by atoms with Crippen molar-refractivity contribution in [2.45, 2.75) is 13.5 Å². The van der Waals surface area contributed by atoms with Crippen LogP contribution in [0.2, 0.25) is 0 Å². The van der Waals surface area contributed by atoms with Crippen molar-refractivity contribution in [1.82, 2.24) is 9.97 Å². The molecule has 2 aromatic carbocycles. The number of benzene rings is 2. The molecule has 1 aromatic heterocycles. The first-order chi connectivity index (χ1) is 16.9. The largest absolute Gasteiger partial charge is 0.494 e. The van der Waals surface area contributed by atoms with E-state index < -0.39 is 18.2 Å². The second kappa shape index (κ2) is 10.6. The van der Waals surface area contributed by atoms with Crippen LogP contribution >= 0.6 is 0 Å². The maximum Gasteiger partial charge on any atom is 0.227 e. The molecular weight excluding hydrogens is 460 g/mol. The number of nitrogens with two attached hydrogens (primary N) is 1. The van der Waals surface area contributed by atoms with Crippen LogP contribution in [0.1, 0.15) is 11.1 Å². The van der Waals surface area contributed by atoms with Crippen molar-refractivity contribution in [1.29, 1.82) is 0 Å². The maximum atomic E-state index is 14.5. The third-order valence-corrected chi connectivity index (χ3v) is 5.64. The minimum Gasteiger partial charge on any atom is -0.494 e. The van der Waals surface area contributed by atoms with Gasteiger partial charge in [-0.25, -0.2) is 18.7 Å². The Kier molecular flexibility index (Phi) is 7.35. The number of morpholine rings is 1. The van der Waals surface area contributed by atoms with E-state index in [2.05, 4.69) is 20.2 Å². The number of nitrogens with zero attached hydrogens (tertiary/aromatic N) is 3. The average molecular weight is 488 g/mol. The summed E-state index contributed by atoms with van der Waals surface area (Å²) in [6.07, 6.45) is 2.80. The molecule has 3 N–H and O–H groups in total. The molecule has 0 spiro atoms. The lowest BCUT2D eigenvalue weighted by atomic mass is 10.1. The molecule has 0 saturated carbocycles. The predicted octanol–water partition coefficient (Wildman–Crippen LogP) is 3.82. The van der Waals surface area contributed by atoms with E-state index in [0.29, 0.717) is 30.5 Å². The summed E-state index contributed by atoms with van der Waals surface area (Å²) in [4.78, 5) is 10.7. The molecule has 0 atom stereocenters. The first-order valence-electron chi connectivity index (χ1n) is 10.9. The van der Waals surface area contributed by atoms with Crippen molar-refractivity contribution in [2.24, 2.45) is 0 Å². The average Bonchev–Trinajstić information content (AvgIpc) is 2.87. The number of hydrogen-bond acceptors (Lipinski definition) is 9. The molecular formula is C24H27F2N5O4. The summed E-state index contributed by atoms with van der Waals surface area (Å²) >= 11 is 0. The number of hydrogen-bond donors (Lipinski definition) is 2. The number of aromatic nitrogens is 2. The van der Waals surface area contributed by atoms with E-state index in [9.17, 15) is 8.78 Å². The van der Waals surface area contributed by atoms with Crippen LogP contribution in [0.5, 0.6) is 17.2 Å². The number of ether oxygens (including phenoxy) is 4. The van der Waals surface area contributed by atoms with Gasteiger partial charge in [0, 0.05) is 24.8 Å². The molecule has 11 heteroatoms. The number of nitrogen functional groups attached to an aromatic ring is 1. The van der Waals surface area contributed by atoms with E-state index in [-0.39, 0.29) is 22.8 Å². The molecule has 1 fully saturated rings. The summed E-state index contributed by atoms with van der Waals surface area (Å²) in [5, 5.41) is 3.12. The van der Waals surface area contributed by atoms with Crippen molar-refractivity contribution >= 4 is 23.0 Å². The smallest absolute Gasteiger partial charge is 0.227 e. The first-order valence-corrected chi connectivity index (χ1v) is 10.9. The third kappa shape index (κ3) is 5.29. The first kappa shape index (κ1) is 24.3. The fourth-order valence-corrected chi connectivity index (χ4v) is 3.76. The van der Waals surface area contributed by atoms with Gasteiger partial charge in [-0.2, -0.15) is 0 Å². The van der Waals surface area contributed by atoms with E-state index in [0.717, 1.165) is 30.4 Å². The van der Waals surface area contributed by atoms with Gasteiger partial charge in [-0.3, -0.25) is 0 Å². The lowest BCUT2D eigenvalue weighted by Gasteiger charge is -2.29. The molecule has 0 bridgehead atoms. The molecule has 1 saturated heterocycles. The summed E-state index contributed by atoms with van der Waals surface area (Å²) in [7, 11) is 2.56. The molecule has 2 heterocycles. The summed E-state index contributed by atoms with van der Waals surface area (Å²) in [5.41, 5.74) is 9.21. The van der Waals surface area contributed by atoms with Crippen LogP contribution in [-0.4, -0.2) is 50.5 Å². The second-order valence-electron chi connectivity index (χ2n) is 7.87. The Labute approximate surface area is 201 Å². The predicted molar refractivity (Wildman–Crippen MR) is 128 cm³/mol. The zero-order valence-corrected chi connectivity index (χ0v) is 19.7. The highest BCUT2D eigenvalue weighted by Gasteiger charge is 2.21. The Bertz CT molecular complexity index is 1140. The Morgan fingerprint density at radius 3 is 2.23 bits per heavy atom. The van der Waals surface area contributed by atoms with Gasteiger partial charge in [0.1, 0.15) is 6.61 Å². The Balaban J connectivity index is 1.45. The summed E-state index contributed by atoms with van der Waals surface area (Å²) in [6, 6.07) is 5.09. The van der Waals surface area contributed by atoms with Crippen molar-refractivity contribution in [3.05, 3.63) is 53.4 Å². The van der Waals surface area contributed by atoms with Crippen LogP contribution in [0, 0.1) is 18.6 Å². The molecule has 9 nitrogen and oxygen atoms in total. The number of rotatable bonds is 8. The van der Waals surface area contributed by atoms with Crippen LogP contribution in [-0.2, 0) is 11.3 Å². The summed E-state index contributed by atoms with van der Waals surface area (Å²) in [6.45, 7) is 4.54. The number of aryl methyl sites for hydroxylation is 1. The van der Waals surface area contributed by atoms with E-state index >= 15 is 0 Å². The fraction of sp³-hybridized carbons (Fsp3) is 0.333. The molecule has 4 rings (SSSR count). The zero-order valence-electron chi connectivity index (χ0n) is 19.7. The van der Waals surface area contributed by atoms with Gasteiger partial charge < -0.3 is 34.9 Å². The number of nitrogens with one attached hydrogen (secondary N) is 1. The maximum absolute atomic E-state index is 14.5. The van der Waals surface area contributed by atoms with Crippen molar-refractivity contribution in [3.8, 4) is 17.2 Å². The van der Waals surface area contributed by atoms with Crippen molar-refractivity contribution < 1.29 is 27.7 Å². The van der Waals surface area contributed by atoms with Crippen LogP contribution in [0.4, 0.5) is 31.8 Å². The highest BCUT2D eigenvalue weighted by Crippen LogP contribution is 2.33. The van der Waals surface area contributed by atoms with E-state index in [1.807, 2.05) is 19.1 Å². The molecule has 35 heavy (non-hydrogen) atoms. The van der Waals surface area contributed by atoms with Gasteiger partial charge in [-0.05, 0) is 24.6 Å². The fourth-order valence-electron chi connectivity index (χ4n) is 3.76. The Morgan fingerprint density at radius 2 is 1.66 bits per heavy atom. The molecule has 1 aliphatic heterocycles. The van der Waals surface area contributed by atoms with Gasteiger partial charge in [0.25, 0.3) is 0 Å². The molecule has 0 unspecified atom stereocenters. The minimum atomic E-state index is -0.864. The number of anilines is 4. The van der Waals surface area contributed by atoms with Gasteiger partial charge in [0.15, 0.2) is 28.9 Å². The topological polar surface area (TPSA) is 104 Å². The quantitative estimate of drug-likeness (QED) is 0.459. The lowest BCUT2D eigenvalue weighted by Crippen LogP contribution is -2.36. The molecule has 3 aromatic rings. The SMILES string of the molecule is COc1cc(OC)c(F)c(COc2cnc(Nc3c(C)cc(N4CCOCC4)cc3N)nc2)c1F. The van der Waals surface area contributed by atoms with Gasteiger partial charge in [0.2, 0.25) is 5.95 Å². The zero-order chi connectivity index (χ0) is 24.9. The molecule has 0 radical (unpaired) electrons. The van der Waals surface area contributed by atoms with E-state index in [1.165, 1.54) is 26.6 Å². The van der Waals surface area contributed by atoms with Gasteiger partial charge in [-0.1, -0.05) is 0 Å². The minimum absolute atomic E-state index is 0.148. The second-order valence-corrected chi connectivity index (χ2v) is 7.87.